The van der Waals surface area contributed by atoms with Crippen molar-refractivity contribution in [3.05, 3.63) is 98.3 Å². The van der Waals surface area contributed by atoms with Crippen LogP contribution in [0.5, 0.6) is 0 Å². The lowest BCUT2D eigenvalue weighted by Gasteiger charge is -2.29. The molecule has 5 rings (SSSR count). The normalized spacial score (nSPS) is 21.8. The van der Waals surface area contributed by atoms with Gasteiger partial charge in [0, 0.05) is 14.9 Å². The van der Waals surface area contributed by atoms with Crippen LogP contribution in [-0.2, 0) is 0 Å². The minimum absolute atomic E-state index is 0.144. The lowest BCUT2D eigenvalue weighted by atomic mass is 9.77. The van der Waals surface area contributed by atoms with E-state index in [1.807, 2.05) is 24.3 Å². The van der Waals surface area contributed by atoms with Crippen LogP contribution < -0.4 is 0 Å². The van der Waals surface area contributed by atoms with Gasteiger partial charge in [-0.05, 0) is 78.4 Å². The third kappa shape index (κ3) is 4.06. The van der Waals surface area contributed by atoms with Gasteiger partial charge in [-0.1, -0.05) is 56.1 Å². The fourth-order valence-electron chi connectivity index (χ4n) is 4.43. The number of rotatable bonds is 3. The van der Waals surface area contributed by atoms with Crippen LogP contribution in [-0.4, -0.2) is 16.6 Å². The molecule has 2 heterocycles. The third-order valence-electron chi connectivity index (χ3n) is 5.86. The average Bonchev–Trinajstić information content (AvgIpc) is 3.44. The van der Waals surface area contributed by atoms with Crippen molar-refractivity contribution in [1.82, 2.24) is 5.01 Å². The Kier molecular flexibility index (Phi) is 5.67. The number of allylic oxidation sites excluding steroid dienone is 1. The smallest absolute Gasteiger partial charge is 0.310 e. The summed E-state index contributed by atoms with van der Waals surface area (Å²) in [5.41, 5.74) is 4.44. The lowest BCUT2D eigenvalue weighted by molar-refractivity contribution is 0.0648. The molecule has 1 aliphatic carbocycles. The molecule has 3 aromatic rings. The molecule has 31 heavy (non-hydrogen) atoms. The van der Waals surface area contributed by atoms with E-state index in [1.54, 1.807) is 17.1 Å². The van der Waals surface area contributed by atoms with Crippen molar-refractivity contribution in [3.8, 4) is 0 Å². The van der Waals surface area contributed by atoms with Crippen LogP contribution >= 0.6 is 31.9 Å². The molecular weight excluding hydrogens is 520 g/mol. The molecule has 1 aromatic heterocycles. The fraction of sp³-hybridized carbons (Fsp3) is 0.200. The molecule has 1 saturated carbocycles. The van der Waals surface area contributed by atoms with Crippen LogP contribution in [0.2, 0.25) is 0 Å². The summed E-state index contributed by atoms with van der Waals surface area (Å²) in [5, 5.41) is 6.52. The van der Waals surface area contributed by atoms with Crippen molar-refractivity contribution in [2.75, 3.05) is 0 Å². The predicted octanol–water partition coefficient (Wildman–Crippen LogP) is 7.24. The molecule has 2 atom stereocenters. The maximum Gasteiger partial charge on any atom is 0.310 e. The van der Waals surface area contributed by atoms with Crippen molar-refractivity contribution in [2.24, 2.45) is 11.0 Å². The Morgan fingerprint density at radius 2 is 1.74 bits per heavy atom. The van der Waals surface area contributed by atoms with Gasteiger partial charge in [-0.15, -0.1) is 0 Å². The minimum atomic E-state index is -0.206. The molecule has 0 saturated heterocycles. The number of fused-ring (bicyclic) bond motifs is 1. The topological polar surface area (TPSA) is 45.8 Å². The quantitative estimate of drug-likeness (QED) is 0.352. The monoisotopic (exact) mass is 538 g/mol. The first kappa shape index (κ1) is 20.5. The summed E-state index contributed by atoms with van der Waals surface area (Å²) in [6.07, 6.45) is 6.76. The van der Waals surface area contributed by atoms with Gasteiger partial charge in [0.2, 0.25) is 0 Å². The zero-order chi connectivity index (χ0) is 21.4. The number of nitrogens with zero attached hydrogens (tertiary/aromatic N) is 2. The Balaban J connectivity index is 1.57. The number of halogens is 2. The number of benzene rings is 2. The SMILES string of the molecule is O=C(c1ccco1)N1N=C2/C(=C/c3ccc(Br)cc3)CCC[C@H]2[C@@H]1c1ccc(Br)cc1. The van der Waals surface area contributed by atoms with Gasteiger partial charge in [0.05, 0.1) is 18.0 Å². The summed E-state index contributed by atoms with van der Waals surface area (Å²) in [7, 11) is 0. The molecule has 156 valence electrons. The number of carbonyl (C=O) groups is 1. The Morgan fingerprint density at radius 1 is 1.03 bits per heavy atom. The predicted molar refractivity (Wildman–Crippen MR) is 129 cm³/mol. The largest absolute Gasteiger partial charge is 0.459 e. The molecule has 1 fully saturated rings. The molecule has 2 aromatic carbocycles. The first-order valence-electron chi connectivity index (χ1n) is 10.3. The van der Waals surface area contributed by atoms with Crippen molar-refractivity contribution in [2.45, 2.75) is 25.3 Å². The standard InChI is InChI=1S/C25H20Br2N2O2/c26-19-10-6-16(7-11-19)15-18-3-1-4-21-23(18)28-29(25(30)22-5-2-14-31-22)24(21)17-8-12-20(27)13-9-17/h2,5-15,21,24H,1,3-4H2/b18-15+/t21-,24+/m1/s1. The van der Waals surface area contributed by atoms with Crippen LogP contribution in [0.4, 0.5) is 0 Å². The second-order valence-corrected chi connectivity index (χ2v) is 9.66. The Labute approximate surface area is 197 Å². The van der Waals surface area contributed by atoms with Gasteiger partial charge in [-0.3, -0.25) is 4.79 Å². The van der Waals surface area contributed by atoms with E-state index < -0.39 is 0 Å². The van der Waals surface area contributed by atoms with Gasteiger partial charge in [-0.2, -0.15) is 5.10 Å². The zero-order valence-corrected chi connectivity index (χ0v) is 19.8. The highest BCUT2D eigenvalue weighted by Crippen LogP contribution is 2.45. The Hall–Kier alpha value is -2.44. The molecule has 1 amide bonds. The van der Waals surface area contributed by atoms with Crippen LogP contribution in [0.15, 0.2) is 91.0 Å². The number of amides is 1. The van der Waals surface area contributed by atoms with Crippen molar-refractivity contribution >= 4 is 49.6 Å². The Morgan fingerprint density at radius 3 is 2.42 bits per heavy atom. The maximum absolute atomic E-state index is 13.3. The van der Waals surface area contributed by atoms with Crippen LogP contribution in [0.25, 0.3) is 6.08 Å². The molecular formula is C25H20Br2N2O2. The molecule has 6 heteroatoms. The van der Waals surface area contributed by atoms with E-state index in [2.05, 4.69) is 62.2 Å². The van der Waals surface area contributed by atoms with E-state index in [0.29, 0.717) is 5.76 Å². The van der Waals surface area contributed by atoms with Gasteiger partial charge in [0.25, 0.3) is 0 Å². The lowest BCUT2D eigenvalue weighted by Crippen LogP contribution is -2.31. The summed E-state index contributed by atoms with van der Waals surface area (Å²) >= 11 is 7.01. The highest BCUT2D eigenvalue weighted by Gasteiger charge is 2.44. The van der Waals surface area contributed by atoms with Gasteiger partial charge < -0.3 is 4.42 Å². The Bertz CT molecular complexity index is 1150. The number of hydrogen-bond donors (Lipinski definition) is 0. The first-order chi connectivity index (χ1) is 15.1. The number of carbonyl (C=O) groups excluding carboxylic acids is 1. The molecule has 0 spiro atoms. The van der Waals surface area contributed by atoms with Crippen molar-refractivity contribution in [1.29, 1.82) is 0 Å². The molecule has 0 N–H and O–H groups in total. The van der Waals surface area contributed by atoms with E-state index in [0.717, 1.165) is 45.0 Å². The summed E-state index contributed by atoms with van der Waals surface area (Å²) in [5.74, 6) is 0.266. The zero-order valence-electron chi connectivity index (χ0n) is 16.7. The minimum Gasteiger partial charge on any atom is -0.459 e. The van der Waals surface area contributed by atoms with Gasteiger partial charge in [0.1, 0.15) is 0 Å². The molecule has 4 nitrogen and oxygen atoms in total. The van der Waals surface area contributed by atoms with Crippen LogP contribution in [0.3, 0.4) is 0 Å². The van der Waals surface area contributed by atoms with E-state index in [4.69, 9.17) is 9.52 Å². The summed E-state index contributed by atoms with van der Waals surface area (Å²) in [4.78, 5) is 13.3. The molecule has 0 unspecified atom stereocenters. The van der Waals surface area contributed by atoms with Gasteiger partial charge in [0.15, 0.2) is 5.76 Å². The third-order valence-corrected chi connectivity index (χ3v) is 6.92. The summed E-state index contributed by atoms with van der Waals surface area (Å²) in [6.45, 7) is 0. The van der Waals surface area contributed by atoms with E-state index in [1.165, 1.54) is 11.8 Å². The van der Waals surface area contributed by atoms with Gasteiger partial charge >= 0.3 is 5.91 Å². The first-order valence-corrected chi connectivity index (χ1v) is 11.9. The molecule has 2 aliphatic rings. The number of hydrazone groups is 1. The molecule has 1 aliphatic heterocycles. The fourth-order valence-corrected chi connectivity index (χ4v) is 4.96. The van der Waals surface area contributed by atoms with Crippen LogP contribution in [0.1, 0.15) is 47.0 Å². The average molecular weight is 540 g/mol. The second-order valence-electron chi connectivity index (χ2n) is 7.83. The van der Waals surface area contributed by atoms with Crippen molar-refractivity contribution in [3.63, 3.8) is 0 Å². The summed E-state index contributed by atoms with van der Waals surface area (Å²) in [6, 6.07) is 19.7. The van der Waals surface area contributed by atoms with E-state index in [-0.39, 0.29) is 17.9 Å². The highest BCUT2D eigenvalue weighted by molar-refractivity contribution is 9.10. The van der Waals surface area contributed by atoms with E-state index >= 15 is 0 Å². The van der Waals surface area contributed by atoms with Gasteiger partial charge in [-0.25, -0.2) is 5.01 Å². The number of furan rings is 1. The molecule has 0 bridgehead atoms. The molecule has 0 radical (unpaired) electrons. The number of hydrogen-bond acceptors (Lipinski definition) is 3. The second kappa shape index (κ2) is 8.60. The van der Waals surface area contributed by atoms with Crippen LogP contribution in [0, 0.1) is 5.92 Å². The van der Waals surface area contributed by atoms with Crippen molar-refractivity contribution < 1.29 is 9.21 Å². The maximum atomic E-state index is 13.3. The van der Waals surface area contributed by atoms with E-state index in [9.17, 15) is 4.79 Å². The summed E-state index contributed by atoms with van der Waals surface area (Å²) < 4.78 is 7.48. The highest BCUT2D eigenvalue weighted by atomic mass is 79.9.